The summed E-state index contributed by atoms with van der Waals surface area (Å²) in [6.45, 7) is 0.395. The number of methoxy groups -OCH3 is 1. The van der Waals surface area contributed by atoms with Crippen molar-refractivity contribution < 1.29 is 17.9 Å². The Bertz CT molecular complexity index is 946. The molecule has 7 nitrogen and oxygen atoms in total. The molecular weight excluding hydrogens is 366 g/mol. The average Bonchev–Trinajstić information content (AvgIpc) is 3.31. The quantitative estimate of drug-likeness (QED) is 0.817. The standard InChI is InChI=1S/C19H23N3O4S/c1-26-16-6-2-13(3-7-16)11-20-19(23)17-10-18(14-4-5-14)22(21-17)15-8-9-27(24,25)12-15/h2-3,6-7,10,14-15H,4-5,8-9,11-12H2,1H3,(H,20,23). The van der Waals surface area contributed by atoms with Crippen LogP contribution in [0.5, 0.6) is 5.75 Å². The van der Waals surface area contributed by atoms with Gasteiger partial charge in [-0.05, 0) is 43.0 Å². The number of carbonyl (C=O) groups is 1. The van der Waals surface area contributed by atoms with E-state index in [1.54, 1.807) is 11.8 Å². The highest BCUT2D eigenvalue weighted by Crippen LogP contribution is 2.42. The molecule has 4 rings (SSSR count). The average molecular weight is 389 g/mol. The third kappa shape index (κ3) is 4.00. The lowest BCUT2D eigenvalue weighted by Gasteiger charge is -2.12. The van der Waals surface area contributed by atoms with E-state index >= 15 is 0 Å². The zero-order valence-corrected chi connectivity index (χ0v) is 16.0. The lowest BCUT2D eigenvalue weighted by molar-refractivity contribution is 0.0945. The smallest absolute Gasteiger partial charge is 0.272 e. The Morgan fingerprint density at radius 3 is 2.59 bits per heavy atom. The first-order valence-corrected chi connectivity index (χ1v) is 11.0. The molecule has 1 atom stereocenters. The molecular formula is C19H23N3O4S. The van der Waals surface area contributed by atoms with E-state index < -0.39 is 9.84 Å². The fourth-order valence-corrected chi connectivity index (χ4v) is 5.17. The van der Waals surface area contributed by atoms with Gasteiger partial charge in [0.05, 0.1) is 24.7 Å². The molecule has 2 heterocycles. The summed E-state index contributed by atoms with van der Waals surface area (Å²) in [5.74, 6) is 1.22. The Morgan fingerprint density at radius 2 is 2.00 bits per heavy atom. The lowest BCUT2D eigenvalue weighted by atomic mass is 10.2. The first-order chi connectivity index (χ1) is 12.9. The van der Waals surface area contributed by atoms with Gasteiger partial charge in [0.25, 0.3) is 5.91 Å². The van der Waals surface area contributed by atoms with E-state index in [-0.39, 0.29) is 23.5 Å². The Kier molecular flexibility index (Phi) is 4.67. The highest BCUT2D eigenvalue weighted by atomic mass is 32.2. The number of nitrogens with zero attached hydrogens (tertiary/aromatic N) is 2. The molecule has 1 aromatic carbocycles. The number of nitrogens with one attached hydrogen (secondary N) is 1. The van der Waals surface area contributed by atoms with Crippen molar-refractivity contribution in [2.45, 2.75) is 37.8 Å². The van der Waals surface area contributed by atoms with Gasteiger partial charge in [0.1, 0.15) is 11.4 Å². The normalized spacial score (nSPS) is 21.1. The van der Waals surface area contributed by atoms with Gasteiger partial charge in [0.2, 0.25) is 0 Å². The van der Waals surface area contributed by atoms with Crippen LogP contribution in [0.1, 0.15) is 53.0 Å². The lowest BCUT2D eigenvalue weighted by Crippen LogP contribution is -2.24. The molecule has 2 aliphatic rings. The van der Waals surface area contributed by atoms with Crippen LogP contribution in [0.2, 0.25) is 0 Å². The minimum absolute atomic E-state index is 0.112. The molecule has 1 amide bonds. The minimum Gasteiger partial charge on any atom is -0.497 e. The molecule has 1 saturated heterocycles. The third-order valence-electron chi connectivity index (χ3n) is 5.16. The van der Waals surface area contributed by atoms with Crippen molar-refractivity contribution in [2.24, 2.45) is 0 Å². The van der Waals surface area contributed by atoms with Gasteiger partial charge in [-0.15, -0.1) is 0 Å². The summed E-state index contributed by atoms with van der Waals surface area (Å²) in [7, 11) is -1.39. The number of amides is 1. The van der Waals surface area contributed by atoms with Gasteiger partial charge in [-0.3, -0.25) is 9.48 Å². The molecule has 0 bridgehead atoms. The molecule has 1 aliphatic carbocycles. The third-order valence-corrected chi connectivity index (χ3v) is 6.91. The maximum absolute atomic E-state index is 12.6. The van der Waals surface area contributed by atoms with Crippen LogP contribution in [0, 0.1) is 0 Å². The van der Waals surface area contributed by atoms with Crippen molar-refractivity contribution >= 4 is 15.7 Å². The van der Waals surface area contributed by atoms with Crippen molar-refractivity contribution in [1.82, 2.24) is 15.1 Å². The maximum atomic E-state index is 12.6. The topological polar surface area (TPSA) is 90.3 Å². The summed E-state index contributed by atoms with van der Waals surface area (Å²) < 4.78 is 30.6. The Labute approximate surface area is 158 Å². The molecule has 0 radical (unpaired) electrons. The summed E-state index contributed by atoms with van der Waals surface area (Å²) in [5, 5.41) is 7.36. The van der Waals surface area contributed by atoms with Crippen molar-refractivity contribution in [3.8, 4) is 5.75 Å². The SMILES string of the molecule is COc1ccc(CNC(=O)c2cc(C3CC3)n(C3CCS(=O)(=O)C3)n2)cc1. The minimum atomic E-state index is -3.00. The first-order valence-electron chi connectivity index (χ1n) is 9.16. The molecule has 27 heavy (non-hydrogen) atoms. The number of rotatable bonds is 6. The van der Waals surface area contributed by atoms with Crippen LogP contribution in [-0.4, -0.2) is 42.7 Å². The predicted molar refractivity (Wildman–Crippen MR) is 101 cm³/mol. The molecule has 144 valence electrons. The van der Waals surface area contributed by atoms with Crippen LogP contribution < -0.4 is 10.1 Å². The maximum Gasteiger partial charge on any atom is 0.272 e. The summed E-state index contributed by atoms with van der Waals surface area (Å²) >= 11 is 0. The highest BCUT2D eigenvalue weighted by molar-refractivity contribution is 7.91. The van der Waals surface area contributed by atoms with Gasteiger partial charge < -0.3 is 10.1 Å². The molecule has 2 aromatic rings. The number of hydrogen-bond donors (Lipinski definition) is 1. The van der Waals surface area contributed by atoms with E-state index in [0.29, 0.717) is 24.6 Å². The Balaban J connectivity index is 1.48. The van der Waals surface area contributed by atoms with Crippen LogP contribution in [0.25, 0.3) is 0 Å². The van der Waals surface area contributed by atoms with Crippen LogP contribution in [0.15, 0.2) is 30.3 Å². The van der Waals surface area contributed by atoms with Gasteiger partial charge in [-0.2, -0.15) is 5.10 Å². The molecule has 8 heteroatoms. The predicted octanol–water partition coefficient (Wildman–Crippen LogP) is 2.06. The number of sulfone groups is 1. The van der Waals surface area contributed by atoms with Crippen molar-refractivity contribution in [1.29, 1.82) is 0 Å². The van der Waals surface area contributed by atoms with E-state index in [2.05, 4.69) is 10.4 Å². The van der Waals surface area contributed by atoms with Crippen molar-refractivity contribution in [2.75, 3.05) is 18.6 Å². The Hall–Kier alpha value is -2.35. The number of benzene rings is 1. The number of aromatic nitrogens is 2. The fourth-order valence-electron chi connectivity index (χ4n) is 3.48. The molecule has 1 aliphatic heterocycles. The summed E-state index contributed by atoms with van der Waals surface area (Å²) in [6, 6.07) is 9.16. The Morgan fingerprint density at radius 1 is 1.26 bits per heavy atom. The molecule has 1 N–H and O–H groups in total. The van der Waals surface area contributed by atoms with Crippen LogP contribution in [-0.2, 0) is 16.4 Å². The largest absolute Gasteiger partial charge is 0.497 e. The molecule has 1 aromatic heterocycles. The second kappa shape index (κ2) is 6.99. The second-order valence-corrected chi connectivity index (χ2v) is 9.49. The fraction of sp³-hybridized carbons (Fsp3) is 0.474. The van der Waals surface area contributed by atoms with E-state index in [9.17, 15) is 13.2 Å². The van der Waals surface area contributed by atoms with E-state index in [4.69, 9.17) is 4.74 Å². The number of ether oxygens (including phenoxy) is 1. The van der Waals surface area contributed by atoms with Gasteiger partial charge in [-0.1, -0.05) is 12.1 Å². The second-order valence-electron chi connectivity index (χ2n) is 7.26. The first kappa shape index (κ1) is 18.0. The summed E-state index contributed by atoms with van der Waals surface area (Å²) in [4.78, 5) is 12.6. The zero-order valence-electron chi connectivity index (χ0n) is 15.2. The van der Waals surface area contributed by atoms with E-state index in [0.717, 1.165) is 29.8 Å². The molecule has 1 unspecified atom stereocenters. The summed E-state index contributed by atoms with van der Waals surface area (Å²) in [5.41, 5.74) is 2.31. The number of hydrogen-bond acceptors (Lipinski definition) is 5. The molecule has 2 fully saturated rings. The van der Waals surface area contributed by atoms with Crippen LogP contribution in [0.3, 0.4) is 0 Å². The van der Waals surface area contributed by atoms with Gasteiger partial charge >= 0.3 is 0 Å². The monoisotopic (exact) mass is 389 g/mol. The van der Waals surface area contributed by atoms with Crippen molar-refractivity contribution in [3.63, 3.8) is 0 Å². The van der Waals surface area contributed by atoms with Gasteiger partial charge in [0.15, 0.2) is 9.84 Å². The van der Waals surface area contributed by atoms with Crippen LogP contribution in [0.4, 0.5) is 0 Å². The van der Waals surface area contributed by atoms with Gasteiger partial charge in [-0.25, -0.2) is 8.42 Å². The van der Waals surface area contributed by atoms with Crippen LogP contribution >= 0.6 is 0 Å². The van der Waals surface area contributed by atoms with E-state index in [1.807, 2.05) is 30.3 Å². The van der Waals surface area contributed by atoms with Gasteiger partial charge in [0, 0.05) is 18.2 Å². The molecule has 0 spiro atoms. The molecule has 1 saturated carbocycles. The highest BCUT2D eigenvalue weighted by Gasteiger charge is 2.36. The number of carbonyl (C=O) groups excluding carboxylic acids is 1. The zero-order chi connectivity index (χ0) is 19.0. The van der Waals surface area contributed by atoms with Crippen molar-refractivity contribution in [3.05, 3.63) is 47.3 Å². The summed E-state index contributed by atoms with van der Waals surface area (Å²) in [6.07, 6.45) is 2.70. The van der Waals surface area contributed by atoms with E-state index in [1.165, 1.54) is 0 Å².